The number of aromatic nitrogens is 4. The third-order valence-corrected chi connectivity index (χ3v) is 7.72. The molecule has 0 aliphatic rings. The number of imidazole rings is 1. The highest BCUT2D eigenvalue weighted by molar-refractivity contribution is 7.90. The van der Waals surface area contributed by atoms with Crippen LogP contribution in [0, 0.1) is 6.92 Å². The van der Waals surface area contributed by atoms with Gasteiger partial charge in [0, 0.05) is 44.5 Å². The number of benzene rings is 3. The fourth-order valence-corrected chi connectivity index (χ4v) is 4.96. The largest absolute Gasteiger partial charge is 0.352 e. The molecule has 0 atom stereocenters. The van der Waals surface area contributed by atoms with Gasteiger partial charge >= 0.3 is 0 Å². The molecule has 0 spiro atoms. The Kier molecular flexibility index (Phi) is 9.14. The lowest BCUT2D eigenvalue weighted by atomic mass is 10.1. The summed E-state index contributed by atoms with van der Waals surface area (Å²) in [6.07, 6.45) is 3.45. The molecule has 0 unspecified atom stereocenters. The molecule has 0 aliphatic carbocycles. The van der Waals surface area contributed by atoms with Gasteiger partial charge < -0.3 is 20.1 Å². The second kappa shape index (κ2) is 12.6. The van der Waals surface area contributed by atoms with E-state index in [1.165, 1.54) is 17.4 Å². The third kappa shape index (κ3) is 7.53. The topological polar surface area (TPSA) is 105 Å². The SMILES string of the molecule is Cc1ccc(CNc2nc3cc(N(C)c4ccnc(Nc5ccc(CCS(C)(=O)=O)cc5)n4)ccc3n2C)cc1.Cl. The lowest BCUT2D eigenvalue weighted by Gasteiger charge is -2.19. The quantitative estimate of drug-likeness (QED) is 0.210. The highest BCUT2D eigenvalue weighted by Gasteiger charge is 2.13. The van der Waals surface area contributed by atoms with Crippen LogP contribution in [-0.4, -0.2) is 47.0 Å². The molecule has 2 heterocycles. The zero-order valence-corrected chi connectivity index (χ0v) is 25.1. The Labute approximate surface area is 247 Å². The molecule has 0 amide bonds. The van der Waals surface area contributed by atoms with Crippen LogP contribution in [0.4, 0.5) is 29.1 Å². The van der Waals surface area contributed by atoms with Crippen molar-refractivity contribution in [3.63, 3.8) is 0 Å². The molecule has 0 radical (unpaired) electrons. The van der Waals surface area contributed by atoms with E-state index in [1.54, 1.807) is 6.20 Å². The zero-order chi connectivity index (χ0) is 28.3. The van der Waals surface area contributed by atoms with Gasteiger partial charge in [-0.2, -0.15) is 4.98 Å². The van der Waals surface area contributed by atoms with Gasteiger partial charge in [-0.15, -0.1) is 12.4 Å². The van der Waals surface area contributed by atoms with Crippen LogP contribution in [0.1, 0.15) is 16.7 Å². The zero-order valence-electron chi connectivity index (χ0n) is 23.5. The summed E-state index contributed by atoms with van der Waals surface area (Å²) in [6.45, 7) is 2.78. The lowest BCUT2D eigenvalue weighted by molar-refractivity contribution is 0.601. The van der Waals surface area contributed by atoms with Crippen molar-refractivity contribution in [2.45, 2.75) is 19.9 Å². The molecule has 9 nitrogen and oxygen atoms in total. The van der Waals surface area contributed by atoms with E-state index < -0.39 is 9.84 Å². The summed E-state index contributed by atoms with van der Waals surface area (Å²) in [5.74, 6) is 2.14. The fourth-order valence-electron chi connectivity index (χ4n) is 4.36. The Morgan fingerprint density at radius 3 is 2.34 bits per heavy atom. The third-order valence-electron chi connectivity index (χ3n) is 6.78. The molecule has 11 heteroatoms. The van der Waals surface area contributed by atoms with Crippen LogP contribution in [0.15, 0.2) is 79.0 Å². The molecule has 5 aromatic rings. The van der Waals surface area contributed by atoms with Gasteiger partial charge in [0.1, 0.15) is 15.7 Å². The smallest absolute Gasteiger partial charge is 0.229 e. The van der Waals surface area contributed by atoms with Crippen molar-refractivity contribution in [2.24, 2.45) is 7.05 Å². The number of anilines is 5. The Morgan fingerprint density at radius 1 is 0.927 bits per heavy atom. The van der Waals surface area contributed by atoms with Crippen molar-refractivity contribution in [3.05, 3.63) is 95.7 Å². The number of nitrogens with one attached hydrogen (secondary N) is 2. The van der Waals surface area contributed by atoms with Crippen molar-refractivity contribution in [1.29, 1.82) is 0 Å². The standard InChI is InChI=1S/C30H33N7O2S.ClH/c1-21-5-7-23(8-6-21)20-32-30-34-26-19-25(13-14-27(26)37(30)3)36(2)28-15-17-31-29(35-28)33-24-11-9-22(10-12-24)16-18-40(4,38)39;/h5-15,17,19H,16,18,20H2,1-4H3,(H,32,34)(H,31,33,35);1H. The number of nitrogens with zero attached hydrogens (tertiary/aromatic N) is 5. The van der Waals surface area contributed by atoms with Gasteiger partial charge in [0.2, 0.25) is 11.9 Å². The maximum atomic E-state index is 11.4. The van der Waals surface area contributed by atoms with Crippen molar-refractivity contribution >= 4 is 62.4 Å². The highest BCUT2D eigenvalue weighted by atomic mass is 35.5. The Morgan fingerprint density at radius 2 is 1.63 bits per heavy atom. The van der Waals surface area contributed by atoms with E-state index in [2.05, 4.69) is 69.6 Å². The van der Waals surface area contributed by atoms with E-state index in [4.69, 9.17) is 9.97 Å². The second-order valence-corrected chi connectivity index (χ2v) is 12.3. The second-order valence-electron chi connectivity index (χ2n) is 10.0. The molecule has 214 valence electrons. The summed E-state index contributed by atoms with van der Waals surface area (Å²) in [5.41, 5.74) is 7.11. The lowest BCUT2D eigenvalue weighted by Crippen LogP contribution is -2.12. The molecule has 5 rings (SSSR count). The molecular weight excluding hydrogens is 558 g/mol. The van der Waals surface area contributed by atoms with Crippen LogP contribution >= 0.6 is 12.4 Å². The number of sulfone groups is 1. The first kappa shape index (κ1) is 29.8. The van der Waals surface area contributed by atoms with Gasteiger partial charge in [-0.05, 0) is 60.9 Å². The first-order valence-electron chi connectivity index (χ1n) is 13.0. The van der Waals surface area contributed by atoms with E-state index >= 15 is 0 Å². The molecule has 0 aliphatic heterocycles. The normalized spacial score (nSPS) is 11.2. The number of hydrogen-bond donors (Lipinski definition) is 2. The van der Waals surface area contributed by atoms with E-state index in [0.29, 0.717) is 18.9 Å². The predicted molar refractivity (Wildman–Crippen MR) is 170 cm³/mol. The predicted octanol–water partition coefficient (Wildman–Crippen LogP) is 5.80. The summed E-state index contributed by atoms with van der Waals surface area (Å²) < 4.78 is 24.9. The van der Waals surface area contributed by atoms with Crippen LogP contribution in [-0.2, 0) is 29.9 Å². The minimum Gasteiger partial charge on any atom is -0.352 e. The van der Waals surface area contributed by atoms with Gasteiger partial charge in [-0.3, -0.25) is 0 Å². The van der Waals surface area contributed by atoms with Crippen LogP contribution in [0.25, 0.3) is 11.0 Å². The van der Waals surface area contributed by atoms with Crippen LogP contribution in [0.3, 0.4) is 0 Å². The van der Waals surface area contributed by atoms with Gasteiger partial charge in [0.25, 0.3) is 0 Å². The Bertz CT molecular complexity index is 1740. The number of aryl methyl sites for hydroxylation is 3. The summed E-state index contributed by atoms with van der Waals surface area (Å²) >= 11 is 0. The molecule has 3 aromatic carbocycles. The maximum Gasteiger partial charge on any atom is 0.229 e. The van der Waals surface area contributed by atoms with Gasteiger partial charge in [-0.25, -0.2) is 18.4 Å². The molecule has 0 saturated carbocycles. The average molecular weight is 592 g/mol. The monoisotopic (exact) mass is 591 g/mol. The van der Waals surface area contributed by atoms with E-state index in [1.807, 2.05) is 49.3 Å². The van der Waals surface area contributed by atoms with E-state index in [-0.39, 0.29) is 18.2 Å². The summed E-state index contributed by atoms with van der Waals surface area (Å²) in [6, 6.07) is 24.1. The molecule has 2 aromatic heterocycles. The number of rotatable bonds is 10. The number of halogens is 1. The van der Waals surface area contributed by atoms with Crippen molar-refractivity contribution in [2.75, 3.05) is 34.6 Å². The molecule has 41 heavy (non-hydrogen) atoms. The maximum absolute atomic E-state index is 11.4. The van der Waals surface area contributed by atoms with Gasteiger partial charge in [0.05, 0.1) is 16.8 Å². The first-order valence-corrected chi connectivity index (χ1v) is 15.1. The van der Waals surface area contributed by atoms with Gasteiger partial charge in [0.15, 0.2) is 0 Å². The molecule has 0 fully saturated rings. The van der Waals surface area contributed by atoms with Gasteiger partial charge in [-0.1, -0.05) is 42.0 Å². The minimum absolute atomic E-state index is 0. The molecule has 0 bridgehead atoms. The van der Waals surface area contributed by atoms with Crippen LogP contribution < -0.4 is 15.5 Å². The highest BCUT2D eigenvalue weighted by Crippen LogP contribution is 2.28. The summed E-state index contributed by atoms with van der Waals surface area (Å²) in [7, 11) is 0.979. The van der Waals surface area contributed by atoms with E-state index in [0.717, 1.165) is 39.7 Å². The van der Waals surface area contributed by atoms with Crippen LogP contribution in [0.5, 0.6) is 0 Å². The number of fused-ring (bicyclic) bond motifs is 1. The summed E-state index contributed by atoms with van der Waals surface area (Å²) in [5, 5.41) is 6.68. The molecule has 2 N–H and O–H groups in total. The van der Waals surface area contributed by atoms with Crippen molar-refractivity contribution in [3.8, 4) is 0 Å². The average Bonchev–Trinajstić information content (AvgIpc) is 3.26. The first-order chi connectivity index (χ1) is 19.1. The fraction of sp³-hybridized carbons (Fsp3) is 0.233. The van der Waals surface area contributed by atoms with E-state index in [9.17, 15) is 8.42 Å². The molecular formula is C30H34ClN7O2S. The minimum atomic E-state index is -2.99. The van der Waals surface area contributed by atoms with Crippen molar-refractivity contribution in [1.82, 2.24) is 19.5 Å². The summed E-state index contributed by atoms with van der Waals surface area (Å²) in [4.78, 5) is 15.9. The Hall–Kier alpha value is -4.15. The van der Waals surface area contributed by atoms with Crippen molar-refractivity contribution < 1.29 is 8.42 Å². The Balaban J connectivity index is 0.00000387. The molecule has 0 saturated heterocycles. The van der Waals surface area contributed by atoms with Crippen LogP contribution in [0.2, 0.25) is 0 Å². The number of hydrogen-bond acceptors (Lipinski definition) is 8.